The quantitative estimate of drug-likeness (QED) is 0.0214. The lowest BCUT2D eigenvalue weighted by Gasteiger charge is -2.20. The molecule has 0 saturated heterocycles. The molecule has 6 amide bonds. The molecule has 9 heterocycles. The number of ether oxygens (including phenoxy) is 12. The third-order valence-corrected chi connectivity index (χ3v) is 23.8. The minimum absolute atomic E-state index is 0.000748. The number of hydrogen-bond acceptors (Lipinski definition) is 21. The van der Waals surface area contributed by atoms with E-state index in [9.17, 15) is 46.3 Å². The highest BCUT2D eigenvalue weighted by Gasteiger charge is 2.34. The van der Waals surface area contributed by atoms with E-state index in [1.165, 1.54) is 41.2 Å². The van der Waals surface area contributed by atoms with Crippen LogP contribution in [0.15, 0.2) is 235 Å². The lowest BCUT2D eigenvalue weighted by Crippen LogP contribution is -2.17. The van der Waals surface area contributed by atoms with Crippen LogP contribution in [-0.2, 0) is 91.7 Å². The van der Waals surface area contributed by atoms with Gasteiger partial charge in [0.25, 0.3) is 0 Å². The summed E-state index contributed by atoms with van der Waals surface area (Å²) in [6.07, 6.45) is 8.98. The molecule has 0 bridgehead atoms. The minimum atomic E-state index is -4.74. The number of aromatic amines is 1. The van der Waals surface area contributed by atoms with Crippen molar-refractivity contribution in [2.45, 2.75) is 169 Å². The van der Waals surface area contributed by atoms with Crippen LogP contribution in [-0.4, -0.2) is 130 Å². The van der Waals surface area contributed by atoms with Gasteiger partial charge in [-0.1, -0.05) is 128 Å². The van der Waals surface area contributed by atoms with E-state index in [0.717, 1.165) is 94.1 Å². The Morgan fingerprint density at radius 1 is 0.356 bits per heavy atom. The Hall–Kier alpha value is -15.8. The van der Waals surface area contributed by atoms with Crippen LogP contribution in [0, 0.1) is 5.82 Å². The van der Waals surface area contributed by atoms with Crippen LogP contribution in [0.25, 0.3) is 10.9 Å². The molecule has 3 aromatic heterocycles. The van der Waals surface area contributed by atoms with Crippen molar-refractivity contribution in [3.63, 3.8) is 0 Å². The second kappa shape index (κ2) is 52.5. The van der Waals surface area contributed by atoms with Gasteiger partial charge in [0.2, 0.25) is 35.4 Å². The summed E-state index contributed by atoms with van der Waals surface area (Å²) in [5.74, 6) is 9.17. The van der Waals surface area contributed by atoms with Crippen LogP contribution in [0.3, 0.4) is 0 Å². The highest BCUT2D eigenvalue weighted by atomic mass is 19.4. The Morgan fingerprint density at radius 2 is 0.719 bits per heavy atom. The van der Waals surface area contributed by atoms with Gasteiger partial charge in [0.1, 0.15) is 102 Å². The molecule has 1 atom stereocenters. The second-order valence-corrected chi connectivity index (χ2v) is 36.1. The minimum Gasteiger partial charge on any atom is -0.486 e. The maximum atomic E-state index is 13.5. The zero-order valence-corrected chi connectivity index (χ0v) is 83.0. The maximum absolute atomic E-state index is 13.5. The van der Waals surface area contributed by atoms with E-state index in [-0.39, 0.29) is 59.6 Å². The van der Waals surface area contributed by atoms with Gasteiger partial charge in [-0.3, -0.25) is 33.8 Å². The largest absolute Gasteiger partial charge is 0.486 e. The Balaban J connectivity index is 0.000000139. The van der Waals surface area contributed by atoms with Crippen molar-refractivity contribution >= 4 is 80.5 Å². The molecule has 0 fully saturated rings. The molecule has 13 aromatic rings. The van der Waals surface area contributed by atoms with Crippen LogP contribution >= 0.6 is 0 Å². The topological polar surface area (TPSA) is 340 Å². The Morgan fingerprint density at radius 3 is 1.10 bits per heavy atom. The number of para-hydroxylation sites is 1. The first-order valence-electron chi connectivity index (χ1n) is 49.3. The van der Waals surface area contributed by atoms with E-state index < -0.39 is 17.6 Å². The van der Waals surface area contributed by atoms with E-state index in [1.54, 1.807) is 42.6 Å². The van der Waals surface area contributed by atoms with Gasteiger partial charge in [0.15, 0.2) is 69.0 Å². The maximum Gasteiger partial charge on any atom is 0.419 e. The monoisotopic (exact) mass is 2000 g/mol. The fraction of sp³-hybridized carbons (Fsp3) is 0.333. The number of aromatic nitrogens is 3. The van der Waals surface area contributed by atoms with Crippen LogP contribution < -0.4 is 88.7 Å². The number of carbonyl (C=O) groups is 6. The number of aryl methyl sites for hydroxylation is 8. The number of H-pyrrole nitrogens is 1. The van der Waals surface area contributed by atoms with E-state index >= 15 is 0 Å². The van der Waals surface area contributed by atoms with Crippen molar-refractivity contribution < 1.29 is 108 Å². The second-order valence-electron chi connectivity index (χ2n) is 36.1. The number of unbranched alkanes of at least 4 members (excludes halogenated alkanes) is 1. The molecular formula is C114H123F4N9O19. The molecule has 6 aliphatic rings. The molecule has 0 aliphatic carbocycles. The Kier molecular flexibility index (Phi) is 38.1. The molecule has 6 aliphatic heterocycles. The van der Waals surface area contributed by atoms with Gasteiger partial charge in [0.05, 0.1) is 11.1 Å². The van der Waals surface area contributed by atoms with E-state index in [2.05, 4.69) is 136 Å². The zero-order valence-electron chi connectivity index (χ0n) is 83.0. The number of carbonyl (C=O) groups excluding carboxylic acids is 6. The summed E-state index contributed by atoms with van der Waals surface area (Å²) in [6, 6.07) is 66.0. The van der Waals surface area contributed by atoms with Crippen LogP contribution in [0.4, 0.5) is 51.7 Å². The molecule has 28 nitrogen and oxygen atoms in total. The van der Waals surface area contributed by atoms with Crippen molar-refractivity contribution in [1.29, 1.82) is 0 Å². The first-order valence-corrected chi connectivity index (χ1v) is 49.3. The molecule has 146 heavy (non-hydrogen) atoms. The number of pyridine rings is 1. The molecule has 766 valence electrons. The Labute approximate surface area is 846 Å². The average Bonchev–Trinajstić information content (AvgIpc) is 1.60. The fourth-order valence-corrected chi connectivity index (χ4v) is 15.9. The van der Waals surface area contributed by atoms with Gasteiger partial charge in [-0.2, -0.15) is 13.2 Å². The number of anilines is 6. The fourth-order valence-electron chi connectivity index (χ4n) is 15.9. The molecule has 19 rings (SSSR count). The van der Waals surface area contributed by atoms with Crippen molar-refractivity contribution in [2.24, 2.45) is 0 Å². The number of halogens is 4. The van der Waals surface area contributed by atoms with Crippen LogP contribution in [0.2, 0.25) is 0 Å². The normalized spacial score (nSPS) is 13.3. The summed E-state index contributed by atoms with van der Waals surface area (Å²) < 4.78 is 123. The van der Waals surface area contributed by atoms with Gasteiger partial charge >= 0.3 is 6.18 Å². The van der Waals surface area contributed by atoms with Crippen LogP contribution in [0.5, 0.6) is 69.0 Å². The van der Waals surface area contributed by atoms with E-state index in [0.29, 0.717) is 223 Å². The molecule has 32 heteroatoms. The lowest BCUT2D eigenvalue weighted by molar-refractivity contribution is -0.140. The number of hydrogen-bond donors (Lipinski definition) is 7. The third kappa shape index (κ3) is 32.6. The summed E-state index contributed by atoms with van der Waals surface area (Å²) in [5, 5.41) is 18.3. The molecule has 7 N–H and O–H groups in total. The summed E-state index contributed by atoms with van der Waals surface area (Å²) in [5.41, 5.74) is 11.3. The van der Waals surface area contributed by atoms with Crippen molar-refractivity contribution in [3.05, 3.63) is 299 Å². The van der Waals surface area contributed by atoms with E-state index in [1.807, 2.05) is 129 Å². The highest BCUT2D eigenvalue weighted by Crippen LogP contribution is 2.40. The summed E-state index contributed by atoms with van der Waals surface area (Å²) >= 11 is 0. The zero-order chi connectivity index (χ0) is 103. The molecule has 1 unspecified atom stereocenters. The number of amides is 6. The molecule has 10 aromatic carbocycles. The van der Waals surface area contributed by atoms with Gasteiger partial charge in [0, 0.05) is 152 Å². The summed E-state index contributed by atoms with van der Waals surface area (Å²) in [6.45, 7) is 21.3. The highest BCUT2D eigenvalue weighted by molar-refractivity contribution is 5.95. The molecule has 0 saturated carbocycles. The van der Waals surface area contributed by atoms with E-state index in [4.69, 9.17) is 61.3 Å². The van der Waals surface area contributed by atoms with Gasteiger partial charge in [-0.05, 0) is 192 Å². The van der Waals surface area contributed by atoms with Crippen molar-refractivity contribution in [2.75, 3.05) is 111 Å². The summed E-state index contributed by atoms with van der Waals surface area (Å²) in [4.78, 5) is 84.7. The van der Waals surface area contributed by atoms with Crippen molar-refractivity contribution in [3.8, 4) is 69.0 Å². The number of benzene rings is 10. The number of fused-ring (bicyclic) bond motifs is 7. The molecule has 0 radical (unpaired) electrons. The van der Waals surface area contributed by atoms with Gasteiger partial charge < -0.3 is 98.1 Å². The predicted molar refractivity (Wildman–Crippen MR) is 550 cm³/mol. The smallest absolute Gasteiger partial charge is 0.419 e. The number of alkyl halides is 3. The first kappa shape index (κ1) is 106. The van der Waals surface area contributed by atoms with Crippen molar-refractivity contribution in [1.82, 2.24) is 15.0 Å². The molecule has 0 spiro atoms. The number of nitrogens with one attached hydrogen (secondary N) is 7. The predicted octanol–water partition coefficient (Wildman–Crippen LogP) is 22.5. The SMILES string of the molecule is CC(CC(=O)Nc1ccc2c(c1)OCCO2)c1ccc(C(C)(C)C)cc1.CCCCc1ccc(CCC(=O)Nc2ccc3c(c2)OCCO3)cc1.CCc1ccc(CCC(=O)Nc2ccc3c(c2)OCCO3)o1.CCc1ncc(CCC(=O)Nc2ccc3c(c2)OCCO3)[nH]1.O=C(CCc1ccc(C(F)(F)F)c(F)c1)Nc1ccc2c(c1)OCCO2.O=C(CCc1cnc2ccccc2c1)Nc1ccc2c(c1)OCCO2. The number of furan rings is 1. The van der Waals surface area contributed by atoms with Gasteiger partial charge in [-0.15, -0.1) is 0 Å². The number of nitrogens with zero attached hydrogens (tertiary/aromatic N) is 2. The standard InChI is InChI=1S/C22H27NO3.C21H25NO3.C20H18N2O3.C18H15F4NO3.C17H19NO4.C16H19N3O3/c1-15(16-5-7-17(8-6-16)22(2,3)4)13-21(24)23-18-9-10-19-20(14-18)26-12-11-25-19;1-2-3-4-16-5-7-17(8-6-16)9-12-21(23)22-18-10-11-19-20(15-18)25-14-13-24-19;23-20(22-16-6-7-18-19(12-16)25-10-9-24-18)8-5-14-11-15-3-1-2-4-17(15)21-13-14;19-14-9-11(1-4-13(14)18(20,21)22)2-6-17(24)23-12-3-5-15-16(10-12)26-8-7-25-15;1-2-13-4-5-14(22-13)6-8-17(19)18-12-3-7-15-16(11-12)21-10-9-20-15;1-2-15-17-10-12(18-15)4-6-16(20)19-11-3-5-13-14(9-11)22-8-7-21-13/h5-10,14-15H,11-13H2,1-4H3,(H,23,24);5-8,10-11,15H,2-4,9,12-14H2,1H3,(H,22,23);1-4,6-7,11-13H,5,8-10H2,(H,22,23);1,3-5,9-10H,2,6-8H2,(H,23,24);3-5,7,11H,2,6,8-10H2,1H3,(H,18,19);3,5,9-10H,2,4,6-8H2,1H3,(H,17,18)(H,19,20). The van der Waals surface area contributed by atoms with Gasteiger partial charge in [-0.25, -0.2) is 9.37 Å². The third-order valence-electron chi connectivity index (χ3n) is 23.8. The average molecular weight is 2000 g/mol. The van der Waals surface area contributed by atoms with Crippen LogP contribution in [0.1, 0.15) is 168 Å². The lowest BCUT2D eigenvalue weighted by atomic mass is 9.85. The Bertz CT molecular complexity index is 6470. The molecular weight excluding hydrogens is 1880 g/mol. The summed E-state index contributed by atoms with van der Waals surface area (Å²) in [7, 11) is 0. The first-order chi connectivity index (χ1) is 70.7. The number of imidazole rings is 1. The number of rotatable bonds is 29.